The molecule has 4 heteroatoms. The van der Waals surface area contributed by atoms with Crippen molar-refractivity contribution in [3.8, 4) is 0 Å². The molecule has 0 saturated carbocycles. The van der Waals surface area contributed by atoms with Gasteiger partial charge in [0.2, 0.25) is 0 Å². The minimum Gasteiger partial charge on any atom is -0.375 e. The van der Waals surface area contributed by atoms with Gasteiger partial charge >= 0.3 is 0 Å². The highest BCUT2D eigenvalue weighted by molar-refractivity contribution is 8.13. The Balaban J connectivity index is 1.71. The van der Waals surface area contributed by atoms with E-state index in [0.29, 0.717) is 6.04 Å². The Morgan fingerprint density at radius 3 is 2.75 bits per heavy atom. The van der Waals surface area contributed by atoms with E-state index in [9.17, 15) is 0 Å². The molecule has 1 heterocycles. The molecule has 1 saturated heterocycles. The highest BCUT2D eigenvalue weighted by Gasteiger charge is 2.20. The summed E-state index contributed by atoms with van der Waals surface area (Å²) >= 11 is 1.86. The largest absolute Gasteiger partial charge is 0.375 e. The zero-order valence-corrected chi connectivity index (χ0v) is 13.5. The average molecular weight is 291 g/mol. The molecule has 0 aliphatic carbocycles. The Morgan fingerprint density at radius 1 is 1.30 bits per heavy atom. The quantitative estimate of drug-likeness (QED) is 0.844. The standard InChI is InChI=1S/C16H25N3S/c1-13-12-20-16(18-14(13)2)17-10-7-11-19(3)15-8-5-4-6-9-15/h4-6,8-9,13-14H,7,10-12H2,1-3H3,(H,17,18). The Kier molecular flexibility index (Phi) is 5.77. The van der Waals surface area contributed by atoms with Gasteiger partial charge in [0.15, 0.2) is 5.17 Å². The van der Waals surface area contributed by atoms with Crippen molar-refractivity contribution in [2.75, 3.05) is 30.8 Å². The lowest BCUT2D eigenvalue weighted by Crippen LogP contribution is -2.41. The number of nitrogens with one attached hydrogen (secondary N) is 1. The molecule has 0 spiro atoms. The van der Waals surface area contributed by atoms with Crippen molar-refractivity contribution in [2.45, 2.75) is 26.3 Å². The SMILES string of the molecule is CC1CSC(=NCCCN(C)c2ccccc2)NC1C. The molecule has 1 aliphatic rings. The molecule has 0 radical (unpaired) electrons. The Bertz CT molecular complexity index is 433. The zero-order chi connectivity index (χ0) is 14.4. The van der Waals surface area contributed by atoms with E-state index in [0.717, 1.165) is 30.6 Å². The van der Waals surface area contributed by atoms with Gasteiger partial charge in [0.25, 0.3) is 0 Å². The van der Waals surface area contributed by atoms with Crippen molar-refractivity contribution >= 4 is 22.6 Å². The van der Waals surface area contributed by atoms with E-state index in [1.54, 1.807) is 0 Å². The maximum absolute atomic E-state index is 4.68. The number of anilines is 1. The number of amidine groups is 1. The van der Waals surface area contributed by atoms with Crippen LogP contribution < -0.4 is 10.2 Å². The van der Waals surface area contributed by atoms with E-state index in [-0.39, 0.29) is 0 Å². The first-order valence-corrected chi connectivity index (χ1v) is 8.35. The number of rotatable bonds is 5. The topological polar surface area (TPSA) is 27.6 Å². The summed E-state index contributed by atoms with van der Waals surface area (Å²) in [5.41, 5.74) is 1.27. The summed E-state index contributed by atoms with van der Waals surface area (Å²) < 4.78 is 0. The monoisotopic (exact) mass is 291 g/mol. The van der Waals surface area contributed by atoms with Crippen LogP contribution in [0.15, 0.2) is 35.3 Å². The van der Waals surface area contributed by atoms with Crippen LogP contribution in [0.3, 0.4) is 0 Å². The molecule has 20 heavy (non-hydrogen) atoms. The maximum atomic E-state index is 4.68. The van der Waals surface area contributed by atoms with Gasteiger partial charge in [-0.05, 0) is 31.4 Å². The van der Waals surface area contributed by atoms with Crippen LogP contribution in [0.5, 0.6) is 0 Å². The van der Waals surface area contributed by atoms with Crippen LogP contribution in [0.2, 0.25) is 0 Å². The molecule has 2 atom stereocenters. The van der Waals surface area contributed by atoms with Crippen LogP contribution in [0.1, 0.15) is 20.3 Å². The number of aliphatic imine (C=N–C) groups is 1. The van der Waals surface area contributed by atoms with Gasteiger partial charge in [-0.1, -0.05) is 36.9 Å². The van der Waals surface area contributed by atoms with Gasteiger partial charge in [0.1, 0.15) is 0 Å². The molecule has 0 bridgehead atoms. The molecule has 110 valence electrons. The lowest BCUT2D eigenvalue weighted by Gasteiger charge is -2.28. The van der Waals surface area contributed by atoms with E-state index >= 15 is 0 Å². The second kappa shape index (κ2) is 7.58. The van der Waals surface area contributed by atoms with Gasteiger partial charge in [0.05, 0.1) is 0 Å². The van der Waals surface area contributed by atoms with Crippen LogP contribution >= 0.6 is 11.8 Å². The number of thioether (sulfide) groups is 1. The average Bonchev–Trinajstić information content (AvgIpc) is 2.48. The summed E-state index contributed by atoms with van der Waals surface area (Å²) in [5.74, 6) is 1.90. The first-order valence-electron chi connectivity index (χ1n) is 7.37. The lowest BCUT2D eigenvalue weighted by molar-refractivity contribution is 0.490. The summed E-state index contributed by atoms with van der Waals surface area (Å²) in [5, 5.41) is 4.61. The Labute approximate surface area is 126 Å². The molecule has 1 aliphatic heterocycles. The van der Waals surface area contributed by atoms with E-state index in [1.165, 1.54) is 11.4 Å². The summed E-state index contributed by atoms with van der Waals surface area (Å²) in [4.78, 5) is 6.96. The molecule has 2 unspecified atom stereocenters. The van der Waals surface area contributed by atoms with Crippen molar-refractivity contribution in [1.29, 1.82) is 0 Å². The minimum absolute atomic E-state index is 0.544. The van der Waals surface area contributed by atoms with Gasteiger partial charge in [-0.3, -0.25) is 4.99 Å². The second-order valence-corrected chi connectivity index (χ2v) is 6.53. The van der Waals surface area contributed by atoms with Gasteiger partial charge in [0, 0.05) is 37.6 Å². The first-order chi connectivity index (χ1) is 9.66. The Morgan fingerprint density at radius 2 is 2.05 bits per heavy atom. The van der Waals surface area contributed by atoms with E-state index < -0.39 is 0 Å². The minimum atomic E-state index is 0.544. The van der Waals surface area contributed by atoms with Gasteiger partial charge in [-0.2, -0.15) is 0 Å². The molecule has 1 aromatic rings. The second-order valence-electron chi connectivity index (χ2n) is 5.52. The molecule has 1 N–H and O–H groups in total. The summed E-state index contributed by atoms with van der Waals surface area (Å²) in [7, 11) is 2.14. The normalized spacial score (nSPS) is 24.4. The van der Waals surface area contributed by atoms with Gasteiger partial charge < -0.3 is 10.2 Å². The van der Waals surface area contributed by atoms with E-state index in [1.807, 2.05) is 11.8 Å². The van der Waals surface area contributed by atoms with Crippen molar-refractivity contribution in [2.24, 2.45) is 10.9 Å². The summed E-state index contributed by atoms with van der Waals surface area (Å²) in [6.45, 7) is 6.46. The number of hydrogen-bond donors (Lipinski definition) is 1. The highest BCUT2D eigenvalue weighted by Crippen LogP contribution is 2.19. The molecule has 1 aromatic carbocycles. The van der Waals surface area contributed by atoms with Gasteiger partial charge in [-0.15, -0.1) is 0 Å². The molecular formula is C16H25N3S. The zero-order valence-electron chi connectivity index (χ0n) is 12.7. The van der Waals surface area contributed by atoms with Crippen molar-refractivity contribution < 1.29 is 0 Å². The number of para-hydroxylation sites is 1. The van der Waals surface area contributed by atoms with Crippen LogP contribution in [0.4, 0.5) is 5.69 Å². The summed E-state index contributed by atoms with van der Waals surface area (Å²) in [6, 6.07) is 11.1. The molecule has 3 nitrogen and oxygen atoms in total. The van der Waals surface area contributed by atoms with Crippen molar-refractivity contribution in [3.05, 3.63) is 30.3 Å². The fourth-order valence-electron chi connectivity index (χ4n) is 2.12. The predicted molar refractivity (Wildman–Crippen MR) is 90.9 cm³/mol. The third-order valence-corrected chi connectivity index (χ3v) is 5.00. The maximum Gasteiger partial charge on any atom is 0.156 e. The molecule has 1 fully saturated rings. The highest BCUT2D eigenvalue weighted by atomic mass is 32.2. The van der Waals surface area contributed by atoms with E-state index in [4.69, 9.17) is 0 Å². The molecular weight excluding hydrogens is 266 g/mol. The molecule has 0 amide bonds. The molecule has 0 aromatic heterocycles. The number of nitrogens with zero attached hydrogens (tertiary/aromatic N) is 2. The Hall–Kier alpha value is -1.16. The number of benzene rings is 1. The third kappa shape index (κ3) is 4.44. The third-order valence-electron chi connectivity index (χ3n) is 3.79. The van der Waals surface area contributed by atoms with Crippen LogP contribution in [0, 0.1) is 5.92 Å². The number of hydrogen-bond acceptors (Lipinski definition) is 3. The van der Waals surface area contributed by atoms with Crippen molar-refractivity contribution in [1.82, 2.24) is 5.32 Å². The lowest BCUT2D eigenvalue weighted by atomic mass is 10.1. The van der Waals surface area contributed by atoms with Crippen molar-refractivity contribution in [3.63, 3.8) is 0 Å². The summed E-state index contributed by atoms with van der Waals surface area (Å²) in [6.07, 6.45) is 1.08. The van der Waals surface area contributed by atoms with E-state index in [2.05, 4.69) is 66.4 Å². The molecule has 2 rings (SSSR count). The van der Waals surface area contributed by atoms with Gasteiger partial charge in [-0.25, -0.2) is 0 Å². The predicted octanol–water partition coefficient (Wildman–Crippen LogP) is 3.23. The van der Waals surface area contributed by atoms with Crippen LogP contribution in [-0.2, 0) is 0 Å². The van der Waals surface area contributed by atoms with Crippen LogP contribution in [-0.4, -0.2) is 37.1 Å². The smallest absolute Gasteiger partial charge is 0.156 e. The fraction of sp³-hybridized carbons (Fsp3) is 0.562. The first kappa shape index (κ1) is 15.2. The fourth-order valence-corrected chi connectivity index (χ4v) is 3.29. The van der Waals surface area contributed by atoms with Crippen LogP contribution in [0.25, 0.3) is 0 Å².